The molecule has 3 rings (SSSR count). The predicted octanol–water partition coefficient (Wildman–Crippen LogP) is 3.01. The first-order valence-corrected chi connectivity index (χ1v) is 10.2. The lowest BCUT2D eigenvalue weighted by Crippen LogP contribution is -2.37. The molecule has 0 unspecified atom stereocenters. The minimum absolute atomic E-state index is 0.0415. The zero-order valence-corrected chi connectivity index (χ0v) is 18.3. The lowest BCUT2D eigenvalue weighted by molar-refractivity contribution is -0.137. The first kappa shape index (κ1) is 20.3. The molecule has 0 heterocycles. The third-order valence-electron chi connectivity index (χ3n) is 5.12. The maximum absolute atomic E-state index is 13.1. The van der Waals surface area contributed by atoms with Crippen molar-refractivity contribution in [2.75, 3.05) is 7.11 Å². The molecule has 0 aliphatic heterocycles. The molecule has 0 saturated carbocycles. The highest BCUT2D eigenvalue weighted by Crippen LogP contribution is 2.40. The summed E-state index contributed by atoms with van der Waals surface area (Å²) >= 11 is 0. The van der Waals surface area contributed by atoms with Crippen LogP contribution in [0.15, 0.2) is 96.6 Å². The lowest BCUT2D eigenvalue weighted by atomic mass is 9.79. The van der Waals surface area contributed by atoms with Crippen molar-refractivity contribution in [1.29, 1.82) is 0 Å². The van der Waals surface area contributed by atoms with Gasteiger partial charge in [0.1, 0.15) is 0 Å². The van der Waals surface area contributed by atoms with Crippen molar-refractivity contribution in [3.05, 3.63) is 113 Å². The van der Waals surface area contributed by atoms with Gasteiger partial charge in [-0.25, -0.2) is 9.59 Å². The fraction of sp³-hybridized carbons (Fsp3) is 0.0833. The van der Waals surface area contributed by atoms with E-state index in [2.05, 4.69) is 0 Å². The van der Waals surface area contributed by atoms with Gasteiger partial charge in [-0.15, -0.1) is 0 Å². The minimum Gasteiger partial charge on any atom is -0.478 e. The summed E-state index contributed by atoms with van der Waals surface area (Å²) in [5, 5.41) is 9.24. The normalized spacial score (nSPS) is 12.2. The van der Waals surface area contributed by atoms with Gasteiger partial charge in [-0.1, -0.05) is 91.0 Å². The summed E-state index contributed by atoms with van der Waals surface area (Å²) in [6, 6.07) is 27.8. The zero-order valence-electron chi connectivity index (χ0n) is 16.3. The topological polar surface area (TPSA) is 63.6 Å². The van der Waals surface area contributed by atoms with Gasteiger partial charge >= 0.3 is 11.9 Å². The highest BCUT2D eigenvalue weighted by molar-refractivity contribution is 6.31. The molecule has 0 spiro atoms. The average molecular weight is 403 g/mol. The molecule has 4 nitrogen and oxygen atoms in total. The van der Waals surface area contributed by atoms with Gasteiger partial charge in [0, 0.05) is 15.3 Å². The number of carbonyl (C=O) groups is 2. The number of aliphatic carboxylic acids is 1. The van der Waals surface area contributed by atoms with E-state index in [1.54, 1.807) is 24.3 Å². The number of esters is 1. The molecule has 146 valence electrons. The zero-order chi connectivity index (χ0) is 20.9. The van der Waals surface area contributed by atoms with Gasteiger partial charge in [0.15, 0.2) is 0 Å². The molecule has 0 bridgehead atoms. The van der Waals surface area contributed by atoms with Crippen LogP contribution >= 0.6 is 0 Å². The summed E-state index contributed by atoms with van der Waals surface area (Å²) < 4.78 is 5.12. The van der Waals surface area contributed by atoms with E-state index in [4.69, 9.17) is 4.74 Å². The largest absolute Gasteiger partial charge is 0.478 e. The molecule has 0 saturated heterocycles. The third kappa shape index (κ3) is 3.91. The summed E-state index contributed by atoms with van der Waals surface area (Å²) in [7, 11) is 1.73. The molecule has 3 aromatic rings. The Morgan fingerprint density at radius 1 is 0.793 bits per heavy atom. The van der Waals surface area contributed by atoms with Crippen LogP contribution in [0.2, 0.25) is 0 Å². The molecule has 29 heavy (non-hydrogen) atoms. The van der Waals surface area contributed by atoms with Gasteiger partial charge in [-0.3, -0.25) is 0 Å². The Morgan fingerprint density at radius 3 is 1.59 bits per heavy atom. The second-order valence-electron chi connectivity index (χ2n) is 6.77. The Kier molecular flexibility index (Phi) is 6.09. The summed E-state index contributed by atoms with van der Waals surface area (Å²) in [4.78, 5) is 25.5. The first-order chi connectivity index (χ1) is 14.0. The van der Waals surface area contributed by atoms with E-state index in [9.17, 15) is 14.7 Å². The number of carboxylic acid groups (broad SMARTS) is 1. The van der Waals surface area contributed by atoms with E-state index < -0.39 is 17.0 Å². The molecule has 3 aromatic carbocycles. The molecule has 1 N–H and O–H groups in total. The van der Waals surface area contributed by atoms with Crippen molar-refractivity contribution < 1.29 is 19.4 Å². The average Bonchev–Trinajstić information content (AvgIpc) is 2.78. The van der Waals surface area contributed by atoms with Crippen LogP contribution in [0.25, 0.3) is 5.57 Å². The predicted molar refractivity (Wildman–Crippen MR) is 117 cm³/mol. The Labute approximate surface area is 172 Å². The van der Waals surface area contributed by atoms with Crippen molar-refractivity contribution in [1.82, 2.24) is 0 Å². The third-order valence-corrected chi connectivity index (χ3v) is 6.77. The summed E-state index contributed by atoms with van der Waals surface area (Å²) in [6.07, 6.45) is 0. The number of carbonyl (C=O) groups excluding carboxylic acids is 1. The maximum atomic E-state index is 13.1. The van der Waals surface area contributed by atoms with Crippen molar-refractivity contribution in [3.63, 3.8) is 0 Å². The quantitative estimate of drug-likeness (QED) is 0.391. The standard InChI is InChI=1S/C24H22O4Si/c1-28-23(27)21(20(22(25)26)17-11-5-2-6-12-17)24(29,18-13-7-3-8-14-18)19-15-9-4-10-16-19/h2-16H,1,29H3,(H,25,26)/b21-20+. The van der Waals surface area contributed by atoms with Crippen LogP contribution in [0.5, 0.6) is 0 Å². The number of hydrogen-bond acceptors (Lipinski definition) is 3. The molecule has 0 aliphatic carbocycles. The fourth-order valence-electron chi connectivity index (χ4n) is 3.64. The second-order valence-corrected chi connectivity index (χ2v) is 8.27. The van der Waals surface area contributed by atoms with E-state index in [1.807, 2.05) is 66.7 Å². The second kappa shape index (κ2) is 8.71. The molecule has 0 atom stereocenters. The maximum Gasteiger partial charge on any atom is 0.336 e. The van der Waals surface area contributed by atoms with Gasteiger partial charge in [0.05, 0.1) is 18.3 Å². The Balaban J connectivity index is 2.46. The lowest BCUT2D eigenvalue weighted by Gasteiger charge is -2.34. The number of rotatable bonds is 6. The smallest absolute Gasteiger partial charge is 0.336 e. The van der Waals surface area contributed by atoms with Gasteiger partial charge in [-0.2, -0.15) is 0 Å². The number of ether oxygens (including phenoxy) is 1. The van der Waals surface area contributed by atoms with E-state index in [-0.39, 0.29) is 11.1 Å². The van der Waals surface area contributed by atoms with Gasteiger partial charge in [-0.05, 0) is 16.7 Å². The Hall–Kier alpha value is -3.44. The fourth-order valence-corrected chi connectivity index (χ4v) is 4.76. The van der Waals surface area contributed by atoms with Crippen molar-refractivity contribution in [2.45, 2.75) is 5.04 Å². The molecular formula is C24H22O4Si. The number of carboxylic acids is 1. The van der Waals surface area contributed by atoms with E-state index >= 15 is 0 Å². The molecule has 5 heteroatoms. The summed E-state index contributed by atoms with van der Waals surface area (Å²) in [6.45, 7) is 0. The molecular weight excluding hydrogens is 380 g/mol. The first-order valence-electron chi connectivity index (χ1n) is 9.23. The van der Waals surface area contributed by atoms with Crippen molar-refractivity contribution in [2.24, 2.45) is 0 Å². The number of hydrogen-bond donors (Lipinski definition) is 1. The van der Waals surface area contributed by atoms with Crippen LogP contribution < -0.4 is 0 Å². The van der Waals surface area contributed by atoms with E-state index in [0.29, 0.717) is 15.8 Å². The molecule has 0 amide bonds. The van der Waals surface area contributed by atoms with Crippen molar-refractivity contribution in [3.8, 4) is 0 Å². The Bertz CT molecular complexity index is 989. The summed E-state index contributed by atoms with van der Waals surface area (Å²) in [5.41, 5.74) is 2.27. The van der Waals surface area contributed by atoms with Crippen LogP contribution in [-0.4, -0.2) is 34.4 Å². The van der Waals surface area contributed by atoms with Crippen LogP contribution in [0.3, 0.4) is 0 Å². The number of benzene rings is 3. The highest BCUT2D eigenvalue weighted by Gasteiger charge is 2.41. The molecule has 0 aliphatic rings. The van der Waals surface area contributed by atoms with E-state index in [1.165, 1.54) is 7.11 Å². The highest BCUT2D eigenvalue weighted by atomic mass is 28.1. The molecule has 0 fully saturated rings. The van der Waals surface area contributed by atoms with Crippen LogP contribution in [0, 0.1) is 0 Å². The van der Waals surface area contributed by atoms with Gasteiger partial charge in [0.2, 0.25) is 0 Å². The molecule has 0 aromatic heterocycles. The summed E-state index contributed by atoms with van der Waals surface area (Å²) in [5.74, 6) is -1.81. The minimum atomic E-state index is -1.16. The van der Waals surface area contributed by atoms with Crippen LogP contribution in [-0.2, 0) is 19.4 Å². The Morgan fingerprint density at radius 2 is 1.21 bits per heavy atom. The van der Waals surface area contributed by atoms with Gasteiger partial charge in [0.25, 0.3) is 0 Å². The van der Waals surface area contributed by atoms with Crippen LogP contribution in [0.4, 0.5) is 0 Å². The van der Waals surface area contributed by atoms with Gasteiger partial charge < -0.3 is 9.84 Å². The van der Waals surface area contributed by atoms with Crippen molar-refractivity contribution >= 4 is 27.8 Å². The SMILES string of the molecule is COC(=O)/C(=C(\C(=O)O)c1ccccc1)C([SiH3])(c1ccccc1)c1ccccc1. The number of methoxy groups -OCH3 is 1. The monoisotopic (exact) mass is 402 g/mol. The molecule has 0 radical (unpaired) electrons. The van der Waals surface area contributed by atoms with Crippen LogP contribution in [0.1, 0.15) is 16.7 Å². The van der Waals surface area contributed by atoms with E-state index in [0.717, 1.165) is 11.1 Å².